The zero-order valence-corrected chi connectivity index (χ0v) is 12.8. The summed E-state index contributed by atoms with van der Waals surface area (Å²) < 4.78 is 26.4. The number of sulfonamides is 1. The predicted octanol–water partition coefficient (Wildman–Crippen LogP) is 1.61. The van der Waals surface area contributed by atoms with Crippen molar-refractivity contribution in [1.82, 2.24) is 4.98 Å². The number of aromatic carboxylic acids is 1. The molecule has 0 saturated carbocycles. The van der Waals surface area contributed by atoms with Crippen molar-refractivity contribution in [3.63, 3.8) is 0 Å². The second kappa shape index (κ2) is 5.04. The summed E-state index contributed by atoms with van der Waals surface area (Å²) in [6.07, 6.45) is 0. The number of aromatic amines is 1. The minimum Gasteiger partial charge on any atom is -0.477 e. The van der Waals surface area contributed by atoms with Gasteiger partial charge in [-0.15, -0.1) is 11.3 Å². The number of carbonyl (C=O) groups is 1. The van der Waals surface area contributed by atoms with Gasteiger partial charge >= 0.3 is 10.8 Å². The molecule has 0 spiro atoms. The molecule has 0 saturated heterocycles. The fourth-order valence-electron chi connectivity index (χ4n) is 1.57. The number of anilines is 1. The van der Waals surface area contributed by atoms with Crippen molar-refractivity contribution in [3.8, 4) is 0 Å². The normalized spacial score (nSPS) is 11.5. The summed E-state index contributed by atoms with van der Waals surface area (Å²) in [5.74, 6) is -1.11. The Kier molecular flexibility index (Phi) is 3.71. The van der Waals surface area contributed by atoms with E-state index in [2.05, 4.69) is 9.71 Å². The average molecular weight is 334 g/mol. The van der Waals surface area contributed by atoms with Crippen LogP contribution in [0.15, 0.2) is 15.1 Å². The summed E-state index contributed by atoms with van der Waals surface area (Å²) in [6, 6.07) is 1.44. The van der Waals surface area contributed by atoms with Gasteiger partial charge in [0.05, 0.1) is 0 Å². The molecule has 2 aromatic rings. The van der Waals surface area contributed by atoms with Crippen LogP contribution in [0, 0.1) is 13.8 Å². The Labute approximate surface area is 122 Å². The third-order valence-electron chi connectivity index (χ3n) is 2.37. The molecule has 7 nitrogen and oxygen atoms in total. The molecule has 0 aliphatic rings. The molecule has 2 heterocycles. The van der Waals surface area contributed by atoms with Gasteiger partial charge in [-0.3, -0.25) is 9.52 Å². The lowest BCUT2D eigenvalue weighted by atomic mass is 10.3. The van der Waals surface area contributed by atoms with Crippen molar-refractivity contribution in [3.05, 3.63) is 31.9 Å². The molecule has 0 radical (unpaired) electrons. The number of rotatable bonds is 4. The van der Waals surface area contributed by atoms with Gasteiger partial charge in [0.1, 0.15) is 9.88 Å². The molecule has 2 rings (SSSR count). The van der Waals surface area contributed by atoms with E-state index < -0.39 is 20.9 Å². The zero-order valence-electron chi connectivity index (χ0n) is 10.4. The lowest BCUT2D eigenvalue weighted by Gasteiger charge is -2.03. The van der Waals surface area contributed by atoms with Gasteiger partial charge in [0.15, 0.2) is 4.21 Å². The maximum atomic E-state index is 12.1. The van der Waals surface area contributed by atoms with Crippen LogP contribution in [-0.4, -0.2) is 24.5 Å². The molecular formula is C10H10N2O5S3. The van der Waals surface area contributed by atoms with Crippen LogP contribution < -0.4 is 9.60 Å². The monoisotopic (exact) mass is 334 g/mol. The third-order valence-corrected chi connectivity index (χ3v) is 6.61. The highest BCUT2D eigenvalue weighted by Gasteiger charge is 2.22. The standard InChI is InChI=1S/C10H10N2O5S3/c1-4-3-6(18-7(4)8(13)14)12-20(16,17)9-5(2)11-10(15)19-9/h3,12H,1-2H3,(H,11,15)(H,13,14). The number of carboxylic acid groups (broad SMARTS) is 1. The van der Waals surface area contributed by atoms with Crippen molar-refractivity contribution in [2.75, 3.05) is 4.72 Å². The molecule has 10 heteroatoms. The number of aryl methyl sites for hydroxylation is 2. The van der Waals surface area contributed by atoms with E-state index in [0.717, 1.165) is 11.3 Å². The number of aromatic nitrogens is 1. The lowest BCUT2D eigenvalue weighted by molar-refractivity contribution is 0.0701. The first-order chi connectivity index (χ1) is 9.20. The fourth-order valence-corrected chi connectivity index (χ4v) is 5.07. The van der Waals surface area contributed by atoms with E-state index in [1.54, 1.807) is 6.92 Å². The third kappa shape index (κ3) is 2.76. The summed E-state index contributed by atoms with van der Waals surface area (Å²) in [5.41, 5.74) is 0.721. The number of thiophene rings is 1. The molecule has 0 aliphatic carbocycles. The molecule has 0 atom stereocenters. The molecule has 0 amide bonds. The van der Waals surface area contributed by atoms with Gasteiger partial charge in [-0.2, -0.15) is 0 Å². The number of carboxylic acids is 1. The molecule has 108 valence electrons. The molecule has 0 bridgehead atoms. The van der Waals surface area contributed by atoms with Crippen molar-refractivity contribution in [1.29, 1.82) is 0 Å². The molecule has 0 aromatic carbocycles. The highest BCUT2D eigenvalue weighted by Crippen LogP contribution is 2.29. The van der Waals surface area contributed by atoms with Crippen molar-refractivity contribution in [2.45, 2.75) is 18.1 Å². The number of thiazole rings is 1. The quantitative estimate of drug-likeness (QED) is 0.785. The molecular weight excluding hydrogens is 324 g/mol. The van der Waals surface area contributed by atoms with Gasteiger partial charge in [-0.1, -0.05) is 11.3 Å². The summed E-state index contributed by atoms with van der Waals surface area (Å²) >= 11 is 1.41. The number of hydrogen-bond acceptors (Lipinski definition) is 6. The Morgan fingerprint density at radius 3 is 2.45 bits per heavy atom. The zero-order chi connectivity index (χ0) is 15.1. The van der Waals surface area contributed by atoms with Gasteiger partial charge in [0.25, 0.3) is 10.0 Å². The largest absolute Gasteiger partial charge is 0.477 e. The van der Waals surface area contributed by atoms with Crippen LogP contribution in [0.25, 0.3) is 0 Å². The van der Waals surface area contributed by atoms with Crippen LogP contribution >= 0.6 is 22.7 Å². The predicted molar refractivity (Wildman–Crippen MR) is 76.5 cm³/mol. The minimum atomic E-state index is -3.90. The molecule has 0 aliphatic heterocycles. The second-order valence-corrected chi connectivity index (χ2v) is 7.87. The van der Waals surface area contributed by atoms with Crippen LogP contribution in [0.3, 0.4) is 0 Å². The van der Waals surface area contributed by atoms with Crippen LogP contribution in [0.1, 0.15) is 20.9 Å². The number of hydrogen-bond donors (Lipinski definition) is 3. The van der Waals surface area contributed by atoms with E-state index in [0.29, 0.717) is 16.9 Å². The van der Waals surface area contributed by atoms with Crippen LogP contribution in [0.2, 0.25) is 0 Å². The molecule has 20 heavy (non-hydrogen) atoms. The number of nitrogens with one attached hydrogen (secondary N) is 2. The molecule has 0 fully saturated rings. The summed E-state index contributed by atoms with van der Waals surface area (Å²) in [4.78, 5) is 24.1. The summed E-state index contributed by atoms with van der Waals surface area (Å²) in [5, 5.41) is 9.13. The highest BCUT2D eigenvalue weighted by molar-refractivity contribution is 7.94. The summed E-state index contributed by atoms with van der Waals surface area (Å²) in [7, 11) is -3.90. The van der Waals surface area contributed by atoms with Gasteiger partial charge in [0, 0.05) is 5.69 Å². The number of H-pyrrole nitrogens is 1. The SMILES string of the molecule is Cc1cc(NS(=O)(=O)c2sc(=O)[nH]c2C)sc1C(=O)O. The van der Waals surface area contributed by atoms with Gasteiger partial charge in [-0.05, 0) is 25.5 Å². The van der Waals surface area contributed by atoms with Crippen LogP contribution in [0.5, 0.6) is 0 Å². The van der Waals surface area contributed by atoms with Gasteiger partial charge in [-0.25, -0.2) is 13.2 Å². The Morgan fingerprint density at radius 1 is 1.35 bits per heavy atom. The van der Waals surface area contributed by atoms with E-state index in [1.165, 1.54) is 13.0 Å². The van der Waals surface area contributed by atoms with E-state index >= 15 is 0 Å². The Hall–Kier alpha value is -1.65. The first-order valence-electron chi connectivity index (χ1n) is 5.27. The van der Waals surface area contributed by atoms with Gasteiger partial charge < -0.3 is 10.1 Å². The van der Waals surface area contributed by atoms with Gasteiger partial charge in [0.2, 0.25) is 0 Å². The highest BCUT2D eigenvalue weighted by atomic mass is 32.2. The first kappa shape index (κ1) is 14.8. The maximum absolute atomic E-state index is 12.1. The van der Waals surface area contributed by atoms with E-state index in [1.807, 2.05) is 0 Å². The molecule has 2 aromatic heterocycles. The fraction of sp³-hybridized carbons (Fsp3) is 0.200. The average Bonchev–Trinajstić information content (AvgIpc) is 2.81. The van der Waals surface area contributed by atoms with E-state index in [9.17, 15) is 18.0 Å². The smallest absolute Gasteiger partial charge is 0.346 e. The van der Waals surface area contributed by atoms with E-state index in [-0.39, 0.29) is 19.8 Å². The molecule has 3 N–H and O–H groups in total. The van der Waals surface area contributed by atoms with Crippen molar-refractivity contribution < 1.29 is 18.3 Å². The lowest BCUT2D eigenvalue weighted by Crippen LogP contribution is -2.11. The van der Waals surface area contributed by atoms with Crippen LogP contribution in [0.4, 0.5) is 5.00 Å². The Bertz CT molecular complexity index is 827. The summed E-state index contributed by atoms with van der Waals surface area (Å²) in [6.45, 7) is 3.06. The first-order valence-corrected chi connectivity index (χ1v) is 8.38. The Balaban J connectivity index is 2.38. The van der Waals surface area contributed by atoms with Crippen molar-refractivity contribution >= 4 is 43.7 Å². The Morgan fingerprint density at radius 2 is 2.00 bits per heavy atom. The topological polar surface area (TPSA) is 116 Å². The minimum absolute atomic E-state index is 0.0710. The van der Waals surface area contributed by atoms with Crippen molar-refractivity contribution in [2.24, 2.45) is 0 Å². The molecule has 0 unspecified atom stereocenters. The van der Waals surface area contributed by atoms with E-state index in [4.69, 9.17) is 5.11 Å². The maximum Gasteiger partial charge on any atom is 0.346 e. The second-order valence-electron chi connectivity index (χ2n) is 3.96. The van der Waals surface area contributed by atoms with Crippen LogP contribution in [-0.2, 0) is 10.0 Å².